The van der Waals surface area contributed by atoms with Crippen LogP contribution in [-0.4, -0.2) is 84.4 Å². The minimum absolute atomic E-state index is 0.0234. The monoisotopic (exact) mass is 394 g/mol. The molecule has 2 bridgehead atoms. The second-order valence-corrected chi connectivity index (χ2v) is 7.68. The highest BCUT2D eigenvalue weighted by atomic mass is 32.3. The third-order valence-corrected chi connectivity index (χ3v) is 5.18. The van der Waals surface area contributed by atoms with E-state index in [0.717, 1.165) is 6.42 Å². The van der Waals surface area contributed by atoms with Crippen molar-refractivity contribution in [3.05, 3.63) is 0 Å². The summed E-state index contributed by atoms with van der Waals surface area (Å²) in [7, 11) is -4.82. The minimum Gasteiger partial charge on any atom is -0.396 e. The van der Waals surface area contributed by atoms with Crippen LogP contribution in [0.3, 0.4) is 0 Å². The molecule has 12 nitrogen and oxygen atoms in total. The van der Waals surface area contributed by atoms with Gasteiger partial charge in [0, 0.05) is 25.7 Å². The Morgan fingerprint density at radius 3 is 2.81 bits per heavy atom. The first-order valence-electron chi connectivity index (χ1n) is 8.31. The summed E-state index contributed by atoms with van der Waals surface area (Å²) in [5.41, 5.74) is 2.32. The van der Waals surface area contributed by atoms with Crippen molar-refractivity contribution in [2.75, 3.05) is 26.3 Å². The van der Waals surface area contributed by atoms with Gasteiger partial charge in [-0.15, -0.1) is 4.28 Å². The highest BCUT2D eigenvalue weighted by Gasteiger charge is 2.49. The van der Waals surface area contributed by atoms with E-state index >= 15 is 0 Å². The molecule has 0 unspecified atom stereocenters. The second-order valence-electron chi connectivity index (χ2n) is 6.68. The van der Waals surface area contributed by atoms with Crippen molar-refractivity contribution in [3.8, 4) is 0 Å². The van der Waals surface area contributed by atoms with Crippen LogP contribution in [0.2, 0.25) is 0 Å². The molecule has 0 aromatic rings. The summed E-state index contributed by atoms with van der Waals surface area (Å²) in [4.78, 5) is 30.9. The number of piperidine rings is 1. The number of aliphatic hydroxyl groups excluding tert-OH is 1. The molecular formula is C13H22N4O8S. The average molecular weight is 394 g/mol. The molecule has 0 spiro atoms. The van der Waals surface area contributed by atoms with Gasteiger partial charge in [-0.3, -0.25) is 14.2 Å². The smallest absolute Gasteiger partial charge is 0.396 e. The fraction of sp³-hybridized carbons (Fsp3) is 0.846. The largest absolute Gasteiger partial charge is 0.418 e. The molecule has 3 fully saturated rings. The predicted octanol–water partition coefficient (Wildman–Crippen LogP) is -1.99. The third-order valence-electron chi connectivity index (χ3n) is 4.83. The van der Waals surface area contributed by atoms with Gasteiger partial charge in [-0.25, -0.2) is 10.3 Å². The van der Waals surface area contributed by atoms with Gasteiger partial charge in [0.2, 0.25) is 0 Å². The molecule has 0 aromatic carbocycles. The standard InChI is InChI=1S/C13H22N4O8S/c18-6-8-3-9(14-4-8)7-24-15-12(19)11-2-1-10-5-16(11)13(20)17(10)25-26(21,22)23/h8-11,14,18H,1-7H2,(H,15,19)(H,21,22,23)/t8-,9-,10-,11+/m1/s1. The molecular weight excluding hydrogens is 372 g/mol. The highest BCUT2D eigenvalue weighted by Crippen LogP contribution is 2.30. The van der Waals surface area contributed by atoms with E-state index in [2.05, 4.69) is 15.1 Å². The molecule has 0 radical (unpaired) electrons. The maximum absolute atomic E-state index is 12.3. The summed E-state index contributed by atoms with van der Waals surface area (Å²) in [6.07, 6.45) is 1.40. The fourth-order valence-corrected chi connectivity index (χ4v) is 3.94. The van der Waals surface area contributed by atoms with Gasteiger partial charge in [0.25, 0.3) is 5.91 Å². The number of carbonyl (C=O) groups is 2. The number of aliphatic hydroxyl groups is 1. The molecule has 4 N–H and O–H groups in total. The van der Waals surface area contributed by atoms with Crippen molar-refractivity contribution < 1.29 is 36.8 Å². The van der Waals surface area contributed by atoms with Crippen LogP contribution in [-0.2, 0) is 24.3 Å². The van der Waals surface area contributed by atoms with Gasteiger partial charge in [0.05, 0.1) is 12.6 Å². The topological polar surface area (TPSA) is 158 Å². The molecule has 0 aliphatic carbocycles. The number of rotatable bonds is 7. The van der Waals surface area contributed by atoms with Crippen molar-refractivity contribution >= 4 is 22.3 Å². The molecule has 3 heterocycles. The zero-order chi connectivity index (χ0) is 18.9. The Kier molecular flexibility index (Phi) is 5.64. The molecule has 3 amide bonds. The van der Waals surface area contributed by atoms with Crippen LogP contribution in [0.15, 0.2) is 0 Å². The lowest BCUT2D eigenvalue weighted by Crippen LogP contribution is -2.50. The number of amides is 3. The van der Waals surface area contributed by atoms with Gasteiger partial charge in [-0.1, -0.05) is 0 Å². The Labute approximate surface area is 150 Å². The SMILES string of the molecule is O=C(NOC[C@H]1C[C@@H](CO)CN1)[C@@H]1CC[C@@H]2CN1C(=O)N2OS(=O)(=O)O. The van der Waals surface area contributed by atoms with Gasteiger partial charge in [0.15, 0.2) is 0 Å². The third kappa shape index (κ3) is 4.24. The fourth-order valence-electron chi connectivity index (χ4n) is 3.55. The number of hydroxylamine groups is 3. The molecule has 13 heteroatoms. The Morgan fingerprint density at radius 2 is 2.15 bits per heavy atom. The van der Waals surface area contributed by atoms with Gasteiger partial charge in [-0.2, -0.15) is 13.5 Å². The number of carbonyl (C=O) groups excluding carboxylic acids is 2. The van der Waals surface area contributed by atoms with Crippen LogP contribution in [0.1, 0.15) is 19.3 Å². The maximum Gasteiger partial charge on any atom is 0.418 e. The number of hydrogen-bond acceptors (Lipinski definition) is 8. The van der Waals surface area contributed by atoms with E-state index in [4.69, 9.17) is 14.5 Å². The molecule has 4 atom stereocenters. The summed E-state index contributed by atoms with van der Waals surface area (Å²) in [6.45, 7) is 1.13. The molecule has 26 heavy (non-hydrogen) atoms. The summed E-state index contributed by atoms with van der Waals surface area (Å²) in [6, 6.07) is -2.13. The molecule has 0 aromatic heterocycles. The van der Waals surface area contributed by atoms with Crippen LogP contribution in [0, 0.1) is 5.92 Å². The lowest BCUT2D eigenvalue weighted by Gasteiger charge is -2.29. The van der Waals surface area contributed by atoms with Crippen LogP contribution >= 0.6 is 0 Å². The van der Waals surface area contributed by atoms with Crippen molar-refractivity contribution in [1.29, 1.82) is 0 Å². The number of nitrogens with zero attached hydrogens (tertiary/aromatic N) is 2. The van der Waals surface area contributed by atoms with Crippen LogP contribution in [0.25, 0.3) is 0 Å². The van der Waals surface area contributed by atoms with Crippen molar-refractivity contribution in [1.82, 2.24) is 20.8 Å². The highest BCUT2D eigenvalue weighted by molar-refractivity contribution is 7.80. The summed E-state index contributed by atoms with van der Waals surface area (Å²) < 4.78 is 34.8. The Hall–Kier alpha value is -1.51. The van der Waals surface area contributed by atoms with E-state index < -0.39 is 34.4 Å². The van der Waals surface area contributed by atoms with E-state index in [9.17, 15) is 18.0 Å². The Balaban J connectivity index is 1.49. The molecule has 3 aliphatic rings. The summed E-state index contributed by atoms with van der Waals surface area (Å²) in [5, 5.41) is 12.8. The molecule has 0 saturated carbocycles. The Bertz CT molecular complexity index is 659. The number of fused-ring (bicyclic) bond motifs is 2. The molecule has 148 valence electrons. The quantitative estimate of drug-likeness (QED) is 0.283. The first-order chi connectivity index (χ1) is 12.3. The number of urea groups is 1. The second kappa shape index (κ2) is 7.62. The minimum atomic E-state index is -4.82. The maximum atomic E-state index is 12.3. The molecule has 3 aliphatic heterocycles. The Morgan fingerprint density at radius 1 is 1.38 bits per heavy atom. The van der Waals surface area contributed by atoms with E-state index in [1.165, 1.54) is 4.90 Å². The molecule has 3 rings (SSSR count). The predicted molar refractivity (Wildman–Crippen MR) is 84.5 cm³/mol. The van der Waals surface area contributed by atoms with E-state index in [1.54, 1.807) is 0 Å². The summed E-state index contributed by atoms with van der Waals surface area (Å²) >= 11 is 0. The average Bonchev–Trinajstić information content (AvgIpc) is 3.13. The van der Waals surface area contributed by atoms with Crippen molar-refractivity contribution in [2.24, 2.45) is 5.92 Å². The van der Waals surface area contributed by atoms with Crippen LogP contribution in [0.4, 0.5) is 4.79 Å². The zero-order valence-electron chi connectivity index (χ0n) is 13.9. The van der Waals surface area contributed by atoms with E-state index in [-0.39, 0.29) is 31.7 Å². The number of nitrogens with one attached hydrogen (secondary N) is 2. The van der Waals surface area contributed by atoms with Crippen molar-refractivity contribution in [2.45, 2.75) is 37.4 Å². The molecule has 3 saturated heterocycles. The van der Waals surface area contributed by atoms with Crippen LogP contribution in [0.5, 0.6) is 0 Å². The summed E-state index contributed by atoms with van der Waals surface area (Å²) in [5.74, 6) is -0.340. The lowest BCUT2D eigenvalue weighted by molar-refractivity contribution is -0.139. The van der Waals surface area contributed by atoms with E-state index in [1.807, 2.05) is 0 Å². The normalized spacial score (nSPS) is 31.5. The van der Waals surface area contributed by atoms with Crippen molar-refractivity contribution in [3.63, 3.8) is 0 Å². The zero-order valence-corrected chi connectivity index (χ0v) is 14.7. The van der Waals surface area contributed by atoms with Gasteiger partial charge < -0.3 is 15.3 Å². The number of hydrogen-bond donors (Lipinski definition) is 4. The van der Waals surface area contributed by atoms with Gasteiger partial charge >= 0.3 is 16.4 Å². The van der Waals surface area contributed by atoms with E-state index in [0.29, 0.717) is 24.4 Å². The van der Waals surface area contributed by atoms with Gasteiger partial charge in [-0.05, 0) is 25.2 Å². The van der Waals surface area contributed by atoms with Gasteiger partial charge in [0.1, 0.15) is 6.04 Å². The first-order valence-corrected chi connectivity index (χ1v) is 9.67. The first kappa shape index (κ1) is 19.3. The van der Waals surface area contributed by atoms with Crippen LogP contribution < -0.4 is 10.8 Å². The lowest BCUT2D eigenvalue weighted by atomic mass is 10.0.